The lowest BCUT2D eigenvalue weighted by Crippen LogP contribution is -2.22. The third kappa shape index (κ3) is 3.25. The molecular weight excluding hydrogens is 260 g/mol. The summed E-state index contributed by atoms with van der Waals surface area (Å²) in [5.41, 5.74) is 8.14. The van der Waals surface area contributed by atoms with Crippen molar-refractivity contribution in [1.82, 2.24) is 19.7 Å². The lowest BCUT2D eigenvalue weighted by atomic mass is 10.3. The highest BCUT2D eigenvalue weighted by molar-refractivity contribution is 7.80. The van der Waals surface area contributed by atoms with E-state index in [1.807, 2.05) is 38.3 Å². The average Bonchev–Trinajstić information content (AvgIpc) is 2.73. The van der Waals surface area contributed by atoms with Crippen LogP contribution in [0.25, 0.3) is 0 Å². The Labute approximate surface area is 117 Å². The third-order valence-electron chi connectivity index (χ3n) is 2.61. The number of anilines is 1. The molecule has 0 bridgehead atoms. The Hall–Kier alpha value is -2.02. The minimum absolute atomic E-state index is 0.279. The number of rotatable bonds is 4. The van der Waals surface area contributed by atoms with E-state index in [-0.39, 0.29) is 4.99 Å². The average molecular weight is 276 g/mol. The molecule has 2 N–H and O–H groups in total. The second-order valence-corrected chi connectivity index (χ2v) is 4.88. The zero-order chi connectivity index (χ0) is 14.0. The predicted molar refractivity (Wildman–Crippen MR) is 78.0 cm³/mol. The van der Waals surface area contributed by atoms with Gasteiger partial charge in [0, 0.05) is 38.1 Å². The summed E-state index contributed by atoms with van der Waals surface area (Å²) in [6.07, 6.45) is 3.78. The largest absolute Gasteiger partial charge is 0.388 e. The van der Waals surface area contributed by atoms with Gasteiger partial charge in [-0.05, 0) is 13.0 Å². The van der Waals surface area contributed by atoms with Crippen molar-refractivity contribution in [3.63, 3.8) is 0 Å². The molecule has 7 heteroatoms. The summed E-state index contributed by atoms with van der Waals surface area (Å²) in [6.45, 7) is 2.57. The van der Waals surface area contributed by atoms with Gasteiger partial charge in [-0.1, -0.05) is 12.2 Å². The molecule has 6 nitrogen and oxygen atoms in total. The first-order chi connectivity index (χ1) is 8.95. The monoisotopic (exact) mass is 276 g/mol. The molecule has 100 valence electrons. The lowest BCUT2D eigenvalue weighted by molar-refractivity contribution is 0.766. The summed E-state index contributed by atoms with van der Waals surface area (Å²) < 4.78 is 1.76. The van der Waals surface area contributed by atoms with Crippen LogP contribution in [0.1, 0.15) is 17.0 Å². The van der Waals surface area contributed by atoms with Crippen LogP contribution in [-0.2, 0) is 13.6 Å². The Balaban J connectivity index is 2.23. The van der Waals surface area contributed by atoms with E-state index in [9.17, 15) is 0 Å². The van der Waals surface area contributed by atoms with Gasteiger partial charge in [0.2, 0.25) is 5.95 Å². The Morgan fingerprint density at radius 3 is 2.79 bits per heavy atom. The smallest absolute Gasteiger partial charge is 0.226 e. The zero-order valence-electron chi connectivity index (χ0n) is 11.2. The molecule has 0 amide bonds. The van der Waals surface area contributed by atoms with Crippen molar-refractivity contribution >= 4 is 23.2 Å². The third-order valence-corrected chi connectivity index (χ3v) is 2.82. The van der Waals surface area contributed by atoms with E-state index in [4.69, 9.17) is 18.0 Å². The molecule has 0 aliphatic carbocycles. The molecule has 0 unspecified atom stereocenters. The van der Waals surface area contributed by atoms with Crippen LogP contribution >= 0.6 is 12.2 Å². The Kier molecular flexibility index (Phi) is 3.75. The van der Waals surface area contributed by atoms with Crippen LogP contribution in [-0.4, -0.2) is 31.8 Å². The predicted octanol–water partition coefficient (Wildman–Crippen LogP) is 0.789. The number of thiocarbonyl (C=S) groups is 1. The number of aryl methyl sites for hydroxylation is 2. The molecular formula is C12H16N6S. The fraction of sp³-hybridized carbons (Fsp3) is 0.333. The maximum Gasteiger partial charge on any atom is 0.226 e. The summed E-state index contributed by atoms with van der Waals surface area (Å²) in [7, 11) is 3.81. The Bertz CT molecular complexity index is 606. The summed E-state index contributed by atoms with van der Waals surface area (Å²) in [5, 5.41) is 4.14. The quantitative estimate of drug-likeness (QED) is 0.832. The SMILES string of the molecule is Cc1cc(C(N)=S)nc(N(C)Cc2cnn(C)c2)n1. The molecule has 2 aromatic heterocycles. The molecule has 2 aromatic rings. The molecule has 2 heterocycles. The molecule has 0 saturated heterocycles. The molecule has 0 aromatic carbocycles. The summed E-state index contributed by atoms with van der Waals surface area (Å²) >= 11 is 4.96. The minimum atomic E-state index is 0.279. The van der Waals surface area contributed by atoms with Gasteiger partial charge in [-0.3, -0.25) is 4.68 Å². The molecule has 0 atom stereocenters. The molecule has 0 fully saturated rings. The van der Waals surface area contributed by atoms with Gasteiger partial charge in [0.05, 0.1) is 6.20 Å². The maximum atomic E-state index is 5.62. The maximum absolute atomic E-state index is 5.62. The topological polar surface area (TPSA) is 72.9 Å². The normalized spacial score (nSPS) is 10.5. The highest BCUT2D eigenvalue weighted by atomic mass is 32.1. The van der Waals surface area contributed by atoms with Crippen molar-refractivity contribution in [2.45, 2.75) is 13.5 Å². The van der Waals surface area contributed by atoms with E-state index in [0.29, 0.717) is 18.2 Å². The van der Waals surface area contributed by atoms with Gasteiger partial charge in [0.1, 0.15) is 10.7 Å². The highest BCUT2D eigenvalue weighted by Gasteiger charge is 2.10. The lowest BCUT2D eigenvalue weighted by Gasteiger charge is -2.17. The van der Waals surface area contributed by atoms with Gasteiger partial charge in [-0.25, -0.2) is 9.97 Å². The van der Waals surface area contributed by atoms with Gasteiger partial charge >= 0.3 is 0 Å². The fourth-order valence-corrected chi connectivity index (χ4v) is 1.85. The van der Waals surface area contributed by atoms with Crippen LogP contribution in [0.5, 0.6) is 0 Å². The number of nitrogens with zero attached hydrogens (tertiary/aromatic N) is 5. The van der Waals surface area contributed by atoms with E-state index in [2.05, 4.69) is 15.1 Å². The van der Waals surface area contributed by atoms with Crippen LogP contribution in [0.2, 0.25) is 0 Å². The summed E-state index contributed by atoms with van der Waals surface area (Å²) in [6, 6.07) is 1.78. The highest BCUT2D eigenvalue weighted by Crippen LogP contribution is 2.12. The zero-order valence-corrected chi connectivity index (χ0v) is 12.0. The Morgan fingerprint density at radius 1 is 1.47 bits per heavy atom. The molecule has 0 spiro atoms. The van der Waals surface area contributed by atoms with Crippen LogP contribution in [0.15, 0.2) is 18.5 Å². The van der Waals surface area contributed by atoms with Gasteiger partial charge in [0.25, 0.3) is 0 Å². The summed E-state index contributed by atoms with van der Waals surface area (Å²) in [4.78, 5) is 11.0. The van der Waals surface area contributed by atoms with Gasteiger partial charge in [-0.15, -0.1) is 0 Å². The second-order valence-electron chi connectivity index (χ2n) is 4.44. The van der Waals surface area contributed by atoms with E-state index in [1.165, 1.54) is 0 Å². The van der Waals surface area contributed by atoms with E-state index in [1.54, 1.807) is 10.7 Å². The standard InChI is InChI=1S/C12H16N6S/c1-8-4-10(11(13)19)16-12(15-8)17(2)6-9-5-14-18(3)7-9/h4-5,7H,6H2,1-3H3,(H2,13,19). The molecule has 0 saturated carbocycles. The van der Waals surface area contributed by atoms with E-state index >= 15 is 0 Å². The molecule has 0 aliphatic rings. The van der Waals surface area contributed by atoms with Crippen LogP contribution in [0.3, 0.4) is 0 Å². The molecule has 0 radical (unpaired) electrons. The number of aromatic nitrogens is 4. The van der Waals surface area contributed by atoms with Crippen molar-refractivity contribution in [3.05, 3.63) is 35.4 Å². The molecule has 2 rings (SSSR count). The first-order valence-electron chi connectivity index (χ1n) is 5.80. The van der Waals surface area contributed by atoms with E-state index < -0.39 is 0 Å². The summed E-state index contributed by atoms with van der Waals surface area (Å²) in [5.74, 6) is 0.603. The first-order valence-corrected chi connectivity index (χ1v) is 6.20. The number of hydrogen-bond donors (Lipinski definition) is 1. The van der Waals surface area contributed by atoms with Crippen molar-refractivity contribution in [2.75, 3.05) is 11.9 Å². The van der Waals surface area contributed by atoms with Crippen molar-refractivity contribution in [2.24, 2.45) is 12.8 Å². The van der Waals surface area contributed by atoms with Crippen molar-refractivity contribution < 1.29 is 0 Å². The first kappa shape index (κ1) is 13.4. The van der Waals surface area contributed by atoms with E-state index in [0.717, 1.165) is 11.3 Å². The number of hydrogen-bond acceptors (Lipinski definition) is 5. The van der Waals surface area contributed by atoms with Gasteiger partial charge in [0.15, 0.2) is 0 Å². The Morgan fingerprint density at radius 2 is 2.21 bits per heavy atom. The minimum Gasteiger partial charge on any atom is -0.388 e. The fourth-order valence-electron chi connectivity index (χ4n) is 1.75. The van der Waals surface area contributed by atoms with Crippen molar-refractivity contribution in [1.29, 1.82) is 0 Å². The number of nitrogens with two attached hydrogens (primary N) is 1. The molecule has 19 heavy (non-hydrogen) atoms. The van der Waals surface area contributed by atoms with Crippen LogP contribution in [0, 0.1) is 6.92 Å². The van der Waals surface area contributed by atoms with Gasteiger partial charge < -0.3 is 10.6 Å². The van der Waals surface area contributed by atoms with Crippen LogP contribution < -0.4 is 10.6 Å². The second kappa shape index (κ2) is 5.31. The van der Waals surface area contributed by atoms with Crippen molar-refractivity contribution in [3.8, 4) is 0 Å². The van der Waals surface area contributed by atoms with Gasteiger partial charge in [-0.2, -0.15) is 5.10 Å². The molecule has 0 aliphatic heterocycles. The van der Waals surface area contributed by atoms with Crippen LogP contribution in [0.4, 0.5) is 5.95 Å².